The summed E-state index contributed by atoms with van der Waals surface area (Å²) in [7, 11) is 1.73. The lowest BCUT2D eigenvalue weighted by Crippen LogP contribution is -2.45. The van der Waals surface area contributed by atoms with Crippen LogP contribution in [0.5, 0.6) is 0 Å². The largest absolute Gasteiger partial charge is 0.395 e. The summed E-state index contributed by atoms with van der Waals surface area (Å²) in [6.45, 7) is 10.7. The Bertz CT molecular complexity index is 169. The maximum Gasteiger partial charge on any atom is 0.0637 e. The van der Waals surface area contributed by atoms with Crippen LogP contribution in [-0.2, 0) is 4.74 Å². The second-order valence-corrected chi connectivity index (χ2v) is 5.27. The van der Waals surface area contributed by atoms with E-state index in [0.717, 1.165) is 6.42 Å². The number of hydrogen-bond acceptors (Lipinski definition) is 3. The Morgan fingerprint density at radius 1 is 1.27 bits per heavy atom. The lowest BCUT2D eigenvalue weighted by Gasteiger charge is -2.30. The van der Waals surface area contributed by atoms with Gasteiger partial charge in [0.05, 0.1) is 12.2 Å². The maximum absolute atomic E-state index is 9.21. The van der Waals surface area contributed by atoms with Crippen LogP contribution < -0.4 is 5.32 Å². The van der Waals surface area contributed by atoms with E-state index in [1.807, 2.05) is 0 Å². The average Bonchev–Trinajstić information content (AvgIpc) is 2.13. The first kappa shape index (κ1) is 14.9. The Labute approximate surface area is 94.2 Å². The van der Waals surface area contributed by atoms with Crippen molar-refractivity contribution >= 4 is 0 Å². The molecule has 0 aromatic heterocycles. The van der Waals surface area contributed by atoms with Crippen LogP contribution in [0.2, 0.25) is 0 Å². The second-order valence-electron chi connectivity index (χ2n) is 5.27. The van der Waals surface area contributed by atoms with Crippen molar-refractivity contribution in [1.82, 2.24) is 5.32 Å². The van der Waals surface area contributed by atoms with Gasteiger partial charge in [-0.1, -0.05) is 13.8 Å². The third-order valence-corrected chi connectivity index (χ3v) is 2.85. The molecular weight excluding hydrogens is 190 g/mol. The first-order chi connectivity index (χ1) is 6.82. The topological polar surface area (TPSA) is 41.5 Å². The molecule has 0 fully saturated rings. The van der Waals surface area contributed by atoms with E-state index in [0.29, 0.717) is 12.0 Å². The molecule has 0 aliphatic carbocycles. The van der Waals surface area contributed by atoms with Crippen molar-refractivity contribution in [1.29, 1.82) is 0 Å². The molecule has 92 valence electrons. The Balaban J connectivity index is 4.06. The van der Waals surface area contributed by atoms with Gasteiger partial charge in [-0.15, -0.1) is 0 Å². The summed E-state index contributed by atoms with van der Waals surface area (Å²) in [6.07, 6.45) is 0.937. The summed E-state index contributed by atoms with van der Waals surface area (Å²) >= 11 is 0. The highest BCUT2D eigenvalue weighted by atomic mass is 16.5. The molecule has 0 rings (SSSR count). The van der Waals surface area contributed by atoms with E-state index in [2.05, 4.69) is 39.9 Å². The van der Waals surface area contributed by atoms with Gasteiger partial charge in [-0.3, -0.25) is 0 Å². The first-order valence-electron chi connectivity index (χ1n) is 5.74. The van der Waals surface area contributed by atoms with Gasteiger partial charge in [-0.05, 0) is 33.1 Å². The average molecular weight is 217 g/mol. The smallest absolute Gasteiger partial charge is 0.0637 e. The van der Waals surface area contributed by atoms with Crippen LogP contribution >= 0.6 is 0 Å². The number of nitrogens with one attached hydrogen (secondary N) is 1. The van der Waals surface area contributed by atoms with Gasteiger partial charge in [0.15, 0.2) is 0 Å². The van der Waals surface area contributed by atoms with E-state index in [-0.39, 0.29) is 18.2 Å². The predicted octanol–water partition coefficient (Wildman–Crippen LogP) is 1.80. The number of aliphatic hydroxyl groups is 1. The predicted molar refractivity (Wildman–Crippen MR) is 64.0 cm³/mol. The number of methoxy groups -OCH3 is 1. The second kappa shape index (κ2) is 6.46. The Morgan fingerprint density at radius 3 is 2.13 bits per heavy atom. The molecular formula is C12H27NO2. The SMILES string of the molecule is COC(C)(C)CC(C)NC(CO)C(C)C. The van der Waals surface area contributed by atoms with Crippen LogP contribution in [0.25, 0.3) is 0 Å². The number of aliphatic hydroxyl groups excluding tert-OH is 1. The number of rotatable bonds is 7. The molecule has 2 N–H and O–H groups in total. The van der Waals surface area contributed by atoms with E-state index in [4.69, 9.17) is 4.74 Å². The summed E-state index contributed by atoms with van der Waals surface area (Å²) < 4.78 is 5.38. The van der Waals surface area contributed by atoms with E-state index >= 15 is 0 Å². The summed E-state index contributed by atoms with van der Waals surface area (Å²) in [5, 5.41) is 12.6. The van der Waals surface area contributed by atoms with Crippen molar-refractivity contribution in [2.24, 2.45) is 5.92 Å². The third kappa shape index (κ3) is 6.13. The highest BCUT2D eigenvalue weighted by Gasteiger charge is 2.22. The van der Waals surface area contributed by atoms with Crippen LogP contribution in [0, 0.1) is 5.92 Å². The van der Waals surface area contributed by atoms with Crippen molar-refractivity contribution < 1.29 is 9.84 Å². The minimum Gasteiger partial charge on any atom is -0.395 e. The van der Waals surface area contributed by atoms with E-state index in [1.165, 1.54) is 0 Å². The van der Waals surface area contributed by atoms with E-state index in [9.17, 15) is 5.11 Å². The van der Waals surface area contributed by atoms with Gasteiger partial charge < -0.3 is 15.2 Å². The summed E-state index contributed by atoms with van der Waals surface area (Å²) in [5.41, 5.74) is -0.108. The van der Waals surface area contributed by atoms with E-state index < -0.39 is 0 Å². The highest BCUT2D eigenvalue weighted by Crippen LogP contribution is 2.16. The molecule has 3 nitrogen and oxygen atoms in total. The Hall–Kier alpha value is -0.120. The van der Waals surface area contributed by atoms with E-state index in [1.54, 1.807) is 7.11 Å². The van der Waals surface area contributed by atoms with Crippen LogP contribution in [0.4, 0.5) is 0 Å². The molecule has 0 aliphatic heterocycles. The fraction of sp³-hybridized carbons (Fsp3) is 1.00. The molecule has 0 spiro atoms. The van der Waals surface area contributed by atoms with Gasteiger partial charge in [0.1, 0.15) is 0 Å². The van der Waals surface area contributed by atoms with Gasteiger partial charge in [0.2, 0.25) is 0 Å². The molecule has 0 heterocycles. The number of hydrogen-bond donors (Lipinski definition) is 2. The molecule has 3 heteroatoms. The standard InChI is InChI=1S/C12H27NO2/c1-9(2)11(8-14)13-10(3)7-12(4,5)15-6/h9-11,13-14H,7-8H2,1-6H3. The van der Waals surface area contributed by atoms with Crippen molar-refractivity contribution in [3.63, 3.8) is 0 Å². The van der Waals surface area contributed by atoms with Crippen molar-refractivity contribution in [2.45, 2.75) is 58.7 Å². The zero-order valence-electron chi connectivity index (χ0n) is 11.0. The fourth-order valence-electron chi connectivity index (χ4n) is 1.70. The zero-order valence-corrected chi connectivity index (χ0v) is 11.0. The zero-order chi connectivity index (χ0) is 12.1. The molecule has 0 aromatic carbocycles. The first-order valence-corrected chi connectivity index (χ1v) is 5.74. The van der Waals surface area contributed by atoms with Gasteiger partial charge in [0.25, 0.3) is 0 Å². The summed E-state index contributed by atoms with van der Waals surface area (Å²) in [4.78, 5) is 0. The lowest BCUT2D eigenvalue weighted by molar-refractivity contribution is 0.00628. The molecule has 0 saturated carbocycles. The maximum atomic E-state index is 9.21. The van der Waals surface area contributed by atoms with Crippen LogP contribution in [0.3, 0.4) is 0 Å². The lowest BCUT2D eigenvalue weighted by atomic mass is 9.97. The molecule has 0 radical (unpaired) electrons. The quantitative estimate of drug-likeness (QED) is 0.683. The highest BCUT2D eigenvalue weighted by molar-refractivity contribution is 4.79. The van der Waals surface area contributed by atoms with Crippen LogP contribution in [0.1, 0.15) is 41.0 Å². The molecule has 0 aliphatic rings. The normalized spacial score (nSPS) is 16.8. The van der Waals surface area contributed by atoms with Gasteiger partial charge >= 0.3 is 0 Å². The summed E-state index contributed by atoms with van der Waals surface area (Å²) in [6, 6.07) is 0.521. The Morgan fingerprint density at radius 2 is 1.80 bits per heavy atom. The van der Waals surface area contributed by atoms with Crippen LogP contribution in [-0.4, -0.2) is 36.5 Å². The molecule has 15 heavy (non-hydrogen) atoms. The molecule has 2 unspecified atom stereocenters. The molecule has 2 atom stereocenters. The van der Waals surface area contributed by atoms with Gasteiger partial charge in [-0.25, -0.2) is 0 Å². The van der Waals surface area contributed by atoms with Gasteiger partial charge in [-0.2, -0.15) is 0 Å². The monoisotopic (exact) mass is 217 g/mol. The fourth-order valence-corrected chi connectivity index (χ4v) is 1.70. The molecule has 0 aromatic rings. The number of ether oxygens (including phenoxy) is 1. The van der Waals surface area contributed by atoms with Crippen molar-refractivity contribution in [3.05, 3.63) is 0 Å². The minimum atomic E-state index is -0.108. The van der Waals surface area contributed by atoms with Crippen molar-refractivity contribution in [2.75, 3.05) is 13.7 Å². The molecule has 0 saturated heterocycles. The third-order valence-electron chi connectivity index (χ3n) is 2.85. The van der Waals surface area contributed by atoms with Crippen molar-refractivity contribution in [3.8, 4) is 0 Å². The van der Waals surface area contributed by atoms with Crippen LogP contribution in [0.15, 0.2) is 0 Å². The Kier molecular flexibility index (Phi) is 6.41. The van der Waals surface area contributed by atoms with Gasteiger partial charge in [0, 0.05) is 19.2 Å². The summed E-state index contributed by atoms with van der Waals surface area (Å²) in [5.74, 6) is 0.447. The molecule has 0 bridgehead atoms. The molecule has 0 amide bonds. The minimum absolute atomic E-state index is 0.108.